The second kappa shape index (κ2) is 5.56. The lowest BCUT2D eigenvalue weighted by molar-refractivity contribution is 0.174. The molecule has 116 valence electrons. The van der Waals surface area contributed by atoms with E-state index >= 15 is 0 Å². The minimum atomic E-state index is -1.24. The van der Waals surface area contributed by atoms with Gasteiger partial charge in [0.05, 0.1) is 5.69 Å². The Morgan fingerprint density at radius 1 is 1.22 bits per heavy atom. The molecule has 23 heavy (non-hydrogen) atoms. The van der Waals surface area contributed by atoms with Gasteiger partial charge in [-0.2, -0.15) is 15.1 Å². The van der Waals surface area contributed by atoms with E-state index < -0.39 is 11.2 Å². The van der Waals surface area contributed by atoms with Gasteiger partial charge in [0.2, 0.25) is 6.79 Å². The number of rotatable bonds is 3. The van der Waals surface area contributed by atoms with Crippen molar-refractivity contribution in [2.24, 2.45) is 0 Å². The minimum Gasteiger partial charge on any atom is -0.609 e. The van der Waals surface area contributed by atoms with Crippen LogP contribution < -0.4 is 9.47 Å². The van der Waals surface area contributed by atoms with Crippen LogP contribution in [0.5, 0.6) is 11.5 Å². The van der Waals surface area contributed by atoms with Gasteiger partial charge < -0.3 is 14.0 Å². The van der Waals surface area contributed by atoms with Crippen LogP contribution in [-0.2, 0) is 11.2 Å². The first-order valence-corrected chi connectivity index (χ1v) is 8.39. The highest BCUT2D eigenvalue weighted by atomic mass is 32.2. The monoisotopic (exact) mass is 328 g/mol. The number of nitrogens with one attached hydrogen (secondary N) is 1. The molecular formula is C15H12N4O3S. The molecule has 1 aliphatic rings. The Balaban J connectivity index is 1.78. The molecule has 7 nitrogen and oxygen atoms in total. The van der Waals surface area contributed by atoms with Crippen molar-refractivity contribution in [3.05, 3.63) is 36.7 Å². The molecule has 3 aromatic rings. The lowest BCUT2D eigenvalue weighted by Crippen LogP contribution is -2.04. The first-order chi connectivity index (χ1) is 11.2. The third-order valence-corrected chi connectivity index (χ3v) is 4.16. The predicted octanol–water partition coefficient (Wildman–Crippen LogP) is 2.00. The summed E-state index contributed by atoms with van der Waals surface area (Å²) in [4.78, 5) is 8.37. The summed E-state index contributed by atoms with van der Waals surface area (Å²) in [6.07, 6.45) is 4.90. The second-order valence-corrected chi connectivity index (χ2v) is 6.17. The molecule has 8 heteroatoms. The van der Waals surface area contributed by atoms with E-state index in [1.54, 1.807) is 24.7 Å². The Bertz CT molecular complexity index is 865. The van der Waals surface area contributed by atoms with Crippen molar-refractivity contribution >= 4 is 11.2 Å². The highest BCUT2D eigenvalue weighted by Gasteiger charge is 2.19. The summed E-state index contributed by atoms with van der Waals surface area (Å²) in [6.45, 7) is 0.226. The van der Waals surface area contributed by atoms with E-state index in [2.05, 4.69) is 20.2 Å². The number of ether oxygens (including phenoxy) is 2. The molecule has 1 aliphatic heterocycles. The molecule has 1 unspecified atom stereocenters. The van der Waals surface area contributed by atoms with E-state index in [-0.39, 0.29) is 6.79 Å². The third-order valence-electron chi connectivity index (χ3n) is 3.45. The molecule has 1 aromatic carbocycles. The Hall–Kier alpha value is -2.58. The fraction of sp³-hybridized carbons (Fsp3) is 0.133. The number of hydrogen-bond acceptors (Lipinski definition) is 6. The van der Waals surface area contributed by atoms with Gasteiger partial charge in [0.1, 0.15) is 11.9 Å². The Morgan fingerprint density at radius 3 is 2.96 bits per heavy atom. The molecule has 0 aliphatic carbocycles. The zero-order valence-corrected chi connectivity index (χ0v) is 13.0. The van der Waals surface area contributed by atoms with Gasteiger partial charge in [0.15, 0.2) is 11.5 Å². The van der Waals surface area contributed by atoms with Gasteiger partial charge in [-0.3, -0.25) is 5.10 Å². The van der Waals surface area contributed by atoms with Gasteiger partial charge in [0.25, 0.3) is 0 Å². The van der Waals surface area contributed by atoms with Crippen LogP contribution in [-0.4, -0.2) is 37.8 Å². The maximum absolute atomic E-state index is 11.6. The van der Waals surface area contributed by atoms with Gasteiger partial charge >= 0.3 is 5.16 Å². The zero-order chi connectivity index (χ0) is 15.8. The molecule has 2 aromatic heterocycles. The Morgan fingerprint density at radius 2 is 2.09 bits per heavy atom. The minimum absolute atomic E-state index is 0.226. The van der Waals surface area contributed by atoms with Gasteiger partial charge in [0, 0.05) is 34.7 Å². The van der Waals surface area contributed by atoms with Crippen molar-refractivity contribution in [2.45, 2.75) is 5.16 Å². The number of nitrogens with zero attached hydrogens (tertiary/aromatic N) is 3. The SMILES string of the molecule is C[S+]([O-])c1nccc(-c2c[nH]nc2-c2ccc3c(c2)OCO3)n1. The summed E-state index contributed by atoms with van der Waals surface area (Å²) in [5, 5.41) is 7.45. The molecule has 0 radical (unpaired) electrons. The molecule has 1 atom stereocenters. The van der Waals surface area contributed by atoms with Crippen LogP contribution >= 0.6 is 0 Å². The number of fused-ring (bicyclic) bond motifs is 1. The van der Waals surface area contributed by atoms with Crippen molar-refractivity contribution in [3.8, 4) is 34.0 Å². The number of aromatic nitrogens is 4. The highest BCUT2D eigenvalue weighted by Crippen LogP contribution is 2.37. The van der Waals surface area contributed by atoms with Crippen LogP contribution in [0.25, 0.3) is 22.5 Å². The second-order valence-electron chi connectivity index (χ2n) is 4.89. The first kappa shape index (κ1) is 14.0. The van der Waals surface area contributed by atoms with Crippen LogP contribution in [0.2, 0.25) is 0 Å². The maximum Gasteiger partial charge on any atom is 0.342 e. The molecule has 1 N–H and O–H groups in total. The number of aromatic amines is 1. The highest BCUT2D eigenvalue weighted by molar-refractivity contribution is 7.90. The summed E-state index contributed by atoms with van der Waals surface area (Å²) in [5.41, 5.74) is 3.07. The van der Waals surface area contributed by atoms with Crippen LogP contribution in [0, 0.1) is 0 Å². The molecule has 3 heterocycles. The molecular weight excluding hydrogens is 316 g/mol. The van der Waals surface area contributed by atoms with Crippen LogP contribution in [0.1, 0.15) is 0 Å². The fourth-order valence-corrected chi connectivity index (χ4v) is 2.81. The number of H-pyrrole nitrogens is 1. The fourth-order valence-electron chi connectivity index (χ4n) is 2.38. The summed E-state index contributed by atoms with van der Waals surface area (Å²) < 4.78 is 22.3. The lowest BCUT2D eigenvalue weighted by Gasteiger charge is -2.05. The molecule has 0 spiro atoms. The lowest BCUT2D eigenvalue weighted by atomic mass is 10.1. The van der Waals surface area contributed by atoms with E-state index in [0.717, 1.165) is 22.6 Å². The maximum atomic E-state index is 11.6. The van der Waals surface area contributed by atoms with Crippen LogP contribution in [0.15, 0.2) is 41.8 Å². The first-order valence-electron chi connectivity index (χ1n) is 6.83. The van der Waals surface area contributed by atoms with E-state index in [4.69, 9.17) is 9.47 Å². The number of hydrogen-bond donors (Lipinski definition) is 1. The van der Waals surface area contributed by atoms with Crippen molar-refractivity contribution < 1.29 is 14.0 Å². The summed E-state index contributed by atoms with van der Waals surface area (Å²) in [6, 6.07) is 7.40. The summed E-state index contributed by atoms with van der Waals surface area (Å²) in [5.74, 6) is 1.41. The van der Waals surface area contributed by atoms with E-state index in [1.807, 2.05) is 18.2 Å². The van der Waals surface area contributed by atoms with Gasteiger partial charge in [-0.1, -0.05) is 0 Å². The van der Waals surface area contributed by atoms with Crippen LogP contribution in [0.3, 0.4) is 0 Å². The molecule has 0 bridgehead atoms. The smallest absolute Gasteiger partial charge is 0.342 e. The van der Waals surface area contributed by atoms with E-state index in [0.29, 0.717) is 16.6 Å². The van der Waals surface area contributed by atoms with Crippen molar-refractivity contribution in [1.29, 1.82) is 0 Å². The van der Waals surface area contributed by atoms with Gasteiger partial charge in [-0.25, -0.2) is 0 Å². The molecule has 0 saturated heterocycles. The Kier molecular flexibility index (Phi) is 3.40. The van der Waals surface area contributed by atoms with Crippen LogP contribution in [0.4, 0.5) is 0 Å². The van der Waals surface area contributed by atoms with Gasteiger partial charge in [-0.15, -0.1) is 0 Å². The summed E-state index contributed by atoms with van der Waals surface area (Å²) in [7, 11) is 0. The standard InChI is InChI=1S/C15H12N4O3S/c1-23(20)15-16-5-4-11(18-15)10-7-17-19-14(10)9-2-3-12-13(6-9)22-8-21-12/h2-7H,8H2,1H3,(H,17,19). The van der Waals surface area contributed by atoms with Gasteiger partial charge in [-0.05, 0) is 24.3 Å². The number of benzene rings is 1. The molecule has 0 amide bonds. The molecule has 4 rings (SSSR count). The van der Waals surface area contributed by atoms with Crippen molar-refractivity contribution in [3.63, 3.8) is 0 Å². The average Bonchev–Trinajstić information content (AvgIpc) is 3.23. The average molecular weight is 328 g/mol. The Labute approximate surface area is 134 Å². The van der Waals surface area contributed by atoms with E-state index in [9.17, 15) is 4.55 Å². The van der Waals surface area contributed by atoms with Crippen molar-refractivity contribution in [1.82, 2.24) is 20.2 Å². The topological polar surface area (TPSA) is 96.0 Å². The van der Waals surface area contributed by atoms with E-state index in [1.165, 1.54) is 0 Å². The molecule has 0 fully saturated rings. The van der Waals surface area contributed by atoms with Crippen molar-refractivity contribution in [2.75, 3.05) is 13.0 Å². The summed E-state index contributed by atoms with van der Waals surface area (Å²) >= 11 is -1.24. The molecule has 0 saturated carbocycles. The normalized spacial score (nSPS) is 14.0. The quantitative estimate of drug-likeness (QED) is 0.583. The predicted molar refractivity (Wildman–Crippen MR) is 83.5 cm³/mol. The largest absolute Gasteiger partial charge is 0.609 e. The third kappa shape index (κ3) is 2.51. The zero-order valence-electron chi connectivity index (χ0n) is 12.1.